The van der Waals surface area contributed by atoms with Crippen molar-refractivity contribution in [1.82, 2.24) is 5.43 Å². The van der Waals surface area contributed by atoms with Gasteiger partial charge in [-0.3, -0.25) is 0 Å². The summed E-state index contributed by atoms with van der Waals surface area (Å²) < 4.78 is 1.09. The summed E-state index contributed by atoms with van der Waals surface area (Å²) in [5, 5.41) is 4.44. The first-order valence-corrected chi connectivity index (χ1v) is 6.75. The van der Waals surface area contributed by atoms with Crippen LogP contribution < -0.4 is 5.43 Å². The van der Waals surface area contributed by atoms with E-state index in [1.165, 1.54) is 11.1 Å². The summed E-state index contributed by atoms with van der Waals surface area (Å²) in [4.78, 5) is 0. The Morgan fingerprint density at radius 2 is 1.72 bits per heavy atom. The van der Waals surface area contributed by atoms with Gasteiger partial charge in [0.2, 0.25) is 0 Å². The third kappa shape index (κ3) is 2.18. The van der Waals surface area contributed by atoms with Crippen LogP contribution in [0.2, 0.25) is 0 Å². The zero-order valence-corrected chi connectivity index (χ0v) is 11.4. The lowest BCUT2D eigenvalue weighted by atomic mass is 9.91. The highest BCUT2D eigenvalue weighted by Crippen LogP contribution is 2.25. The summed E-state index contributed by atoms with van der Waals surface area (Å²) in [6.07, 6.45) is 0. The average molecular weight is 301 g/mol. The van der Waals surface area contributed by atoms with Crippen LogP contribution in [-0.4, -0.2) is 12.3 Å². The van der Waals surface area contributed by atoms with E-state index in [0.29, 0.717) is 5.92 Å². The van der Waals surface area contributed by atoms with E-state index in [0.717, 1.165) is 16.7 Å². The van der Waals surface area contributed by atoms with Crippen LogP contribution in [0, 0.1) is 0 Å². The lowest BCUT2D eigenvalue weighted by Gasteiger charge is -2.12. The van der Waals surface area contributed by atoms with Crippen LogP contribution in [0.4, 0.5) is 0 Å². The number of hydrazone groups is 1. The normalized spacial score (nSPS) is 18.3. The fourth-order valence-corrected chi connectivity index (χ4v) is 2.51. The molecule has 1 N–H and O–H groups in total. The van der Waals surface area contributed by atoms with Gasteiger partial charge in [-0.2, -0.15) is 5.10 Å². The largest absolute Gasteiger partial charge is 0.309 e. The maximum atomic E-state index is 4.44. The predicted octanol–water partition coefficient (Wildman–Crippen LogP) is 3.54. The van der Waals surface area contributed by atoms with Gasteiger partial charge in [-0.05, 0) is 23.3 Å². The van der Waals surface area contributed by atoms with Gasteiger partial charge >= 0.3 is 0 Å². The maximum Gasteiger partial charge on any atom is 0.0768 e. The number of nitrogens with one attached hydrogen (secondary N) is 1. The standard InChI is InChI=1S/C15H13BrN2/c16-13-8-6-12(7-9-13)15-14(10-17-18-15)11-4-2-1-3-5-11/h1-9,14,17H,10H2. The molecule has 1 aliphatic heterocycles. The maximum absolute atomic E-state index is 4.44. The molecule has 0 bridgehead atoms. The van der Waals surface area contributed by atoms with E-state index in [1.54, 1.807) is 0 Å². The summed E-state index contributed by atoms with van der Waals surface area (Å²) >= 11 is 3.46. The molecule has 1 heterocycles. The average Bonchev–Trinajstić information content (AvgIpc) is 2.90. The van der Waals surface area contributed by atoms with Crippen LogP contribution in [-0.2, 0) is 0 Å². The Bertz CT molecular complexity index is 561. The number of halogens is 1. The molecule has 3 heteroatoms. The first-order chi connectivity index (χ1) is 8.84. The molecule has 0 spiro atoms. The molecule has 1 aliphatic rings. The van der Waals surface area contributed by atoms with Crippen molar-refractivity contribution in [2.45, 2.75) is 5.92 Å². The smallest absolute Gasteiger partial charge is 0.0768 e. The molecule has 18 heavy (non-hydrogen) atoms. The van der Waals surface area contributed by atoms with E-state index in [2.05, 4.69) is 75.0 Å². The van der Waals surface area contributed by atoms with Crippen molar-refractivity contribution < 1.29 is 0 Å². The van der Waals surface area contributed by atoms with E-state index in [9.17, 15) is 0 Å². The van der Waals surface area contributed by atoms with Crippen molar-refractivity contribution in [3.05, 3.63) is 70.2 Å². The molecule has 0 saturated carbocycles. The molecule has 90 valence electrons. The van der Waals surface area contributed by atoms with E-state index >= 15 is 0 Å². The van der Waals surface area contributed by atoms with Crippen LogP contribution in [0.25, 0.3) is 0 Å². The van der Waals surface area contributed by atoms with Gasteiger partial charge in [0, 0.05) is 16.9 Å². The number of hydrogen-bond donors (Lipinski definition) is 1. The zero-order valence-electron chi connectivity index (χ0n) is 9.81. The fraction of sp³-hybridized carbons (Fsp3) is 0.133. The second-order valence-electron chi connectivity index (χ2n) is 4.33. The topological polar surface area (TPSA) is 24.4 Å². The Morgan fingerprint density at radius 1 is 1.00 bits per heavy atom. The van der Waals surface area contributed by atoms with Gasteiger partial charge in [-0.15, -0.1) is 0 Å². The predicted molar refractivity (Wildman–Crippen MR) is 77.9 cm³/mol. The number of hydrogen-bond acceptors (Lipinski definition) is 2. The van der Waals surface area contributed by atoms with Crippen molar-refractivity contribution in [2.75, 3.05) is 6.54 Å². The van der Waals surface area contributed by atoms with Crippen molar-refractivity contribution in [2.24, 2.45) is 5.10 Å². The number of benzene rings is 2. The fourth-order valence-electron chi connectivity index (χ4n) is 2.24. The first-order valence-electron chi connectivity index (χ1n) is 5.96. The third-order valence-corrected chi connectivity index (χ3v) is 3.70. The van der Waals surface area contributed by atoms with Crippen molar-refractivity contribution >= 4 is 21.6 Å². The summed E-state index contributed by atoms with van der Waals surface area (Å²) in [7, 11) is 0. The van der Waals surface area contributed by atoms with E-state index in [1.807, 2.05) is 6.07 Å². The first kappa shape index (κ1) is 11.5. The van der Waals surface area contributed by atoms with Crippen LogP contribution in [0.15, 0.2) is 64.2 Å². The SMILES string of the molecule is Brc1ccc(C2=NNCC2c2ccccc2)cc1. The van der Waals surface area contributed by atoms with Crippen molar-refractivity contribution in [3.8, 4) is 0 Å². The van der Waals surface area contributed by atoms with E-state index < -0.39 is 0 Å². The van der Waals surface area contributed by atoms with Crippen LogP contribution in [0.5, 0.6) is 0 Å². The van der Waals surface area contributed by atoms with Gasteiger partial charge < -0.3 is 5.43 Å². The van der Waals surface area contributed by atoms with E-state index in [4.69, 9.17) is 0 Å². The van der Waals surface area contributed by atoms with Crippen molar-refractivity contribution in [1.29, 1.82) is 0 Å². The Kier molecular flexibility index (Phi) is 3.15. The second kappa shape index (κ2) is 4.94. The van der Waals surface area contributed by atoms with Gasteiger partial charge in [0.1, 0.15) is 0 Å². The molecule has 2 aromatic rings. The molecule has 0 aliphatic carbocycles. The lowest BCUT2D eigenvalue weighted by Crippen LogP contribution is -2.14. The molecule has 3 rings (SSSR count). The number of rotatable bonds is 2. The highest BCUT2D eigenvalue weighted by atomic mass is 79.9. The monoisotopic (exact) mass is 300 g/mol. The molecule has 0 saturated heterocycles. The summed E-state index contributed by atoms with van der Waals surface area (Å²) in [6.45, 7) is 0.870. The molecule has 1 atom stereocenters. The van der Waals surface area contributed by atoms with Gasteiger partial charge in [-0.25, -0.2) is 0 Å². The van der Waals surface area contributed by atoms with Gasteiger partial charge in [-0.1, -0.05) is 58.4 Å². The quantitative estimate of drug-likeness (QED) is 0.901. The van der Waals surface area contributed by atoms with Gasteiger partial charge in [0.25, 0.3) is 0 Å². The van der Waals surface area contributed by atoms with E-state index in [-0.39, 0.29) is 0 Å². The Balaban J connectivity index is 1.94. The molecule has 0 fully saturated rings. The molecule has 0 amide bonds. The molecule has 2 nitrogen and oxygen atoms in total. The van der Waals surface area contributed by atoms with Crippen molar-refractivity contribution in [3.63, 3.8) is 0 Å². The van der Waals surface area contributed by atoms with Gasteiger partial charge in [0.15, 0.2) is 0 Å². The summed E-state index contributed by atoms with van der Waals surface area (Å²) in [5.41, 5.74) is 6.72. The molecular formula is C15H13BrN2. The molecular weight excluding hydrogens is 288 g/mol. The van der Waals surface area contributed by atoms with Crippen LogP contribution in [0.3, 0.4) is 0 Å². The van der Waals surface area contributed by atoms with Crippen LogP contribution >= 0.6 is 15.9 Å². The third-order valence-electron chi connectivity index (χ3n) is 3.17. The Hall–Kier alpha value is -1.61. The summed E-state index contributed by atoms with van der Waals surface area (Å²) in [5.74, 6) is 0.340. The molecule has 0 radical (unpaired) electrons. The Labute approximate surface area is 115 Å². The zero-order chi connectivity index (χ0) is 12.4. The minimum absolute atomic E-state index is 0.340. The highest BCUT2D eigenvalue weighted by Gasteiger charge is 2.23. The van der Waals surface area contributed by atoms with Gasteiger partial charge in [0.05, 0.1) is 5.71 Å². The Morgan fingerprint density at radius 3 is 2.44 bits per heavy atom. The summed E-state index contributed by atoms with van der Waals surface area (Å²) in [6, 6.07) is 18.8. The second-order valence-corrected chi connectivity index (χ2v) is 5.25. The minimum atomic E-state index is 0.340. The number of nitrogens with zero attached hydrogens (tertiary/aromatic N) is 1. The molecule has 1 unspecified atom stereocenters. The molecule has 0 aromatic heterocycles. The van der Waals surface area contributed by atoms with Crippen LogP contribution in [0.1, 0.15) is 17.0 Å². The molecule has 2 aromatic carbocycles. The minimum Gasteiger partial charge on any atom is -0.309 e. The highest BCUT2D eigenvalue weighted by molar-refractivity contribution is 9.10. The lowest BCUT2D eigenvalue weighted by molar-refractivity contribution is 0.763.